The van der Waals surface area contributed by atoms with Crippen molar-refractivity contribution in [2.75, 3.05) is 7.11 Å². The van der Waals surface area contributed by atoms with E-state index in [1.54, 1.807) is 0 Å². The summed E-state index contributed by atoms with van der Waals surface area (Å²) in [4.78, 5) is 3.71. The molecule has 3 N–H and O–H groups in total. The lowest BCUT2D eigenvalue weighted by molar-refractivity contribution is 0.141. The van der Waals surface area contributed by atoms with Crippen molar-refractivity contribution >= 4 is 0 Å². The van der Waals surface area contributed by atoms with E-state index in [9.17, 15) is 8.78 Å². The predicted molar refractivity (Wildman–Crippen MR) is 49.6 cm³/mol. The van der Waals surface area contributed by atoms with Crippen LogP contribution in [0.15, 0.2) is 6.20 Å². The minimum absolute atomic E-state index is 0.00606. The van der Waals surface area contributed by atoms with E-state index in [-0.39, 0.29) is 23.6 Å². The van der Waals surface area contributed by atoms with Crippen LogP contribution in [0.1, 0.15) is 23.2 Å². The molecular weight excluding hydrogens is 206 g/mol. The summed E-state index contributed by atoms with van der Waals surface area (Å²) in [6.07, 6.45) is -1.42. The molecule has 0 unspecified atom stereocenters. The average molecular weight is 218 g/mol. The molecule has 1 aromatic rings. The zero-order chi connectivity index (χ0) is 11.4. The predicted octanol–water partition coefficient (Wildman–Crippen LogP) is 0.979. The van der Waals surface area contributed by atoms with Crippen molar-refractivity contribution in [3.63, 3.8) is 0 Å². The molecule has 0 aliphatic carbocycles. The van der Waals surface area contributed by atoms with E-state index in [4.69, 9.17) is 15.6 Å². The van der Waals surface area contributed by atoms with Crippen LogP contribution in [0.2, 0.25) is 0 Å². The molecule has 0 aliphatic heterocycles. The summed E-state index contributed by atoms with van der Waals surface area (Å²) in [6, 6.07) is 0. The van der Waals surface area contributed by atoms with Gasteiger partial charge in [-0.25, -0.2) is 8.78 Å². The molecule has 1 rings (SSSR count). The Morgan fingerprint density at radius 3 is 2.67 bits per heavy atom. The molecule has 0 radical (unpaired) electrons. The number of methoxy groups -OCH3 is 1. The number of aliphatic hydroxyl groups is 1. The summed E-state index contributed by atoms with van der Waals surface area (Å²) in [5.41, 5.74) is 5.28. The highest BCUT2D eigenvalue weighted by Crippen LogP contribution is 2.33. The zero-order valence-corrected chi connectivity index (χ0v) is 8.20. The zero-order valence-electron chi connectivity index (χ0n) is 8.20. The van der Waals surface area contributed by atoms with Gasteiger partial charge in [-0.3, -0.25) is 4.98 Å². The van der Waals surface area contributed by atoms with E-state index >= 15 is 0 Å². The van der Waals surface area contributed by atoms with Gasteiger partial charge in [0, 0.05) is 18.3 Å². The van der Waals surface area contributed by atoms with Crippen LogP contribution in [-0.4, -0.2) is 17.2 Å². The Kier molecular flexibility index (Phi) is 3.93. The molecule has 0 aliphatic rings. The highest BCUT2D eigenvalue weighted by molar-refractivity contribution is 5.43. The smallest absolute Gasteiger partial charge is 0.269 e. The fourth-order valence-electron chi connectivity index (χ4n) is 1.33. The third-order valence-electron chi connectivity index (χ3n) is 2.02. The third kappa shape index (κ3) is 2.21. The van der Waals surface area contributed by atoms with Gasteiger partial charge >= 0.3 is 0 Å². The molecule has 0 atom stereocenters. The van der Waals surface area contributed by atoms with E-state index in [0.29, 0.717) is 5.56 Å². The fraction of sp³-hybridized carbons (Fsp3) is 0.444. The minimum Gasteiger partial charge on any atom is -0.496 e. The van der Waals surface area contributed by atoms with Gasteiger partial charge in [0.1, 0.15) is 5.75 Å². The number of hydrogen-bond donors (Lipinski definition) is 2. The second-order valence-electron chi connectivity index (χ2n) is 2.84. The van der Waals surface area contributed by atoms with Crippen LogP contribution in [0.4, 0.5) is 8.78 Å². The maximum atomic E-state index is 12.7. The number of nitrogens with two attached hydrogens (primary N) is 1. The van der Waals surface area contributed by atoms with Crippen LogP contribution in [0.25, 0.3) is 0 Å². The lowest BCUT2D eigenvalue weighted by atomic mass is 10.1. The van der Waals surface area contributed by atoms with E-state index in [1.165, 1.54) is 13.3 Å². The van der Waals surface area contributed by atoms with Gasteiger partial charge in [0.15, 0.2) is 0 Å². The standard InChI is InChI=1S/C9H12F2N2O2/c1-15-8-5(2-12)3-13-6(4-14)7(8)9(10)11/h3,9,14H,2,4,12H2,1H3. The molecule has 6 heteroatoms. The third-order valence-corrected chi connectivity index (χ3v) is 2.02. The number of aliphatic hydroxyl groups excluding tert-OH is 1. The summed E-state index contributed by atoms with van der Waals surface area (Å²) in [6.45, 7) is -0.498. The van der Waals surface area contributed by atoms with Crippen LogP contribution >= 0.6 is 0 Å². The SMILES string of the molecule is COc1c(CN)cnc(CO)c1C(F)F. The first kappa shape index (κ1) is 11.8. The Bertz CT molecular complexity index is 345. The maximum Gasteiger partial charge on any atom is 0.269 e. The number of alkyl halides is 2. The quantitative estimate of drug-likeness (QED) is 0.790. The molecule has 0 fully saturated rings. The molecule has 0 saturated carbocycles. The van der Waals surface area contributed by atoms with Crippen molar-refractivity contribution in [1.29, 1.82) is 0 Å². The van der Waals surface area contributed by atoms with Crippen LogP contribution in [0, 0.1) is 0 Å². The molecule has 0 amide bonds. The van der Waals surface area contributed by atoms with Crippen molar-refractivity contribution in [2.24, 2.45) is 5.73 Å². The number of nitrogens with zero attached hydrogens (tertiary/aromatic N) is 1. The van der Waals surface area contributed by atoms with E-state index in [2.05, 4.69) is 4.98 Å². The van der Waals surface area contributed by atoms with Crippen LogP contribution < -0.4 is 10.5 Å². The molecular formula is C9H12F2N2O2. The van der Waals surface area contributed by atoms with Crippen molar-refractivity contribution in [1.82, 2.24) is 4.98 Å². The van der Waals surface area contributed by atoms with Crippen LogP contribution in [-0.2, 0) is 13.2 Å². The topological polar surface area (TPSA) is 68.4 Å². The van der Waals surface area contributed by atoms with Gasteiger partial charge in [0.2, 0.25) is 0 Å². The average Bonchev–Trinajstić information content (AvgIpc) is 2.26. The largest absolute Gasteiger partial charge is 0.496 e. The van der Waals surface area contributed by atoms with E-state index in [1.807, 2.05) is 0 Å². The monoisotopic (exact) mass is 218 g/mol. The Hall–Kier alpha value is -1.27. The lowest BCUT2D eigenvalue weighted by Gasteiger charge is -2.14. The number of rotatable bonds is 4. The van der Waals surface area contributed by atoms with Gasteiger partial charge < -0.3 is 15.6 Å². The second-order valence-corrected chi connectivity index (χ2v) is 2.84. The van der Waals surface area contributed by atoms with Crippen molar-refractivity contribution in [3.05, 3.63) is 23.0 Å². The summed E-state index contributed by atoms with van der Waals surface area (Å²) in [5, 5.41) is 8.87. The molecule has 4 nitrogen and oxygen atoms in total. The summed E-state index contributed by atoms with van der Waals surface area (Å²) in [5.74, 6) is 0.00606. The molecule has 1 aromatic heterocycles. The summed E-state index contributed by atoms with van der Waals surface area (Å²) >= 11 is 0. The second kappa shape index (κ2) is 4.99. The Morgan fingerprint density at radius 2 is 2.27 bits per heavy atom. The number of pyridine rings is 1. The van der Waals surface area contributed by atoms with E-state index in [0.717, 1.165) is 0 Å². The maximum absolute atomic E-state index is 12.7. The summed E-state index contributed by atoms with van der Waals surface area (Å²) < 4.78 is 30.3. The normalized spacial score (nSPS) is 10.8. The number of aromatic nitrogens is 1. The Balaban J connectivity index is 3.37. The highest BCUT2D eigenvalue weighted by atomic mass is 19.3. The van der Waals surface area contributed by atoms with Gasteiger partial charge in [-0.2, -0.15) is 0 Å². The molecule has 15 heavy (non-hydrogen) atoms. The number of hydrogen-bond acceptors (Lipinski definition) is 4. The molecule has 0 saturated heterocycles. The Morgan fingerprint density at radius 1 is 1.60 bits per heavy atom. The molecule has 0 aromatic carbocycles. The first-order chi connectivity index (χ1) is 7.15. The first-order valence-corrected chi connectivity index (χ1v) is 4.29. The van der Waals surface area contributed by atoms with Gasteiger partial charge in [0.25, 0.3) is 6.43 Å². The van der Waals surface area contributed by atoms with E-state index < -0.39 is 13.0 Å². The van der Waals surface area contributed by atoms with Crippen molar-refractivity contribution in [3.8, 4) is 5.75 Å². The van der Waals surface area contributed by atoms with Gasteiger partial charge in [-0.1, -0.05) is 0 Å². The molecule has 84 valence electrons. The first-order valence-electron chi connectivity index (χ1n) is 4.29. The van der Waals surface area contributed by atoms with Gasteiger partial charge in [-0.05, 0) is 0 Å². The van der Waals surface area contributed by atoms with Gasteiger partial charge in [-0.15, -0.1) is 0 Å². The number of halogens is 2. The summed E-state index contributed by atoms with van der Waals surface area (Å²) in [7, 11) is 1.28. The van der Waals surface area contributed by atoms with Gasteiger partial charge in [0.05, 0.1) is 25.0 Å². The van der Waals surface area contributed by atoms with Crippen LogP contribution in [0.5, 0.6) is 5.75 Å². The molecule has 0 bridgehead atoms. The minimum atomic E-state index is -2.75. The van der Waals surface area contributed by atoms with Crippen LogP contribution in [0.3, 0.4) is 0 Å². The van der Waals surface area contributed by atoms with Crippen molar-refractivity contribution < 1.29 is 18.6 Å². The fourth-order valence-corrected chi connectivity index (χ4v) is 1.33. The highest BCUT2D eigenvalue weighted by Gasteiger charge is 2.22. The van der Waals surface area contributed by atoms with Crippen molar-refractivity contribution in [2.45, 2.75) is 19.6 Å². The Labute approximate surface area is 85.7 Å². The molecule has 1 heterocycles. The molecule has 0 spiro atoms. The number of ether oxygens (including phenoxy) is 1. The lowest BCUT2D eigenvalue weighted by Crippen LogP contribution is -2.08.